The van der Waals surface area contributed by atoms with Crippen LogP contribution < -0.4 is 10.1 Å². The fourth-order valence-electron chi connectivity index (χ4n) is 1.95. The summed E-state index contributed by atoms with van der Waals surface area (Å²) in [6.07, 6.45) is 0.575. The second kappa shape index (κ2) is 6.44. The largest absolute Gasteiger partial charge is 0.417 e. The van der Waals surface area contributed by atoms with Crippen molar-refractivity contribution < 1.29 is 9.53 Å². The Morgan fingerprint density at radius 3 is 2.24 bits per heavy atom. The summed E-state index contributed by atoms with van der Waals surface area (Å²) >= 11 is 0. The number of benzene rings is 2. The third-order valence-corrected chi connectivity index (χ3v) is 3.75. The number of para-hydroxylation sites is 1. The number of hydrogen-bond acceptors (Lipinski definition) is 2. The van der Waals surface area contributed by atoms with Gasteiger partial charge in [-0.25, -0.2) is 4.79 Å². The average Bonchev–Trinajstić information content (AvgIpc) is 2.48. The van der Waals surface area contributed by atoms with Gasteiger partial charge in [-0.1, -0.05) is 51.1 Å². The van der Waals surface area contributed by atoms with Crippen molar-refractivity contribution in [3.8, 4) is 5.75 Å². The van der Waals surface area contributed by atoms with Crippen molar-refractivity contribution in [1.82, 2.24) is 0 Å². The van der Waals surface area contributed by atoms with E-state index in [1.165, 1.54) is 5.56 Å². The quantitative estimate of drug-likeness (QED) is 0.858. The molecule has 0 radical (unpaired) electrons. The Kier molecular flexibility index (Phi) is 4.63. The Labute approximate surface area is 126 Å². The van der Waals surface area contributed by atoms with E-state index in [0.29, 0.717) is 11.4 Å². The molecule has 2 rings (SSSR count). The second-order valence-corrected chi connectivity index (χ2v) is 5.64. The normalized spacial score (nSPS) is 11.0. The van der Waals surface area contributed by atoms with E-state index < -0.39 is 6.09 Å². The lowest BCUT2D eigenvalue weighted by Crippen LogP contribution is -2.17. The lowest BCUT2D eigenvalue weighted by molar-refractivity contribution is 0.215. The van der Waals surface area contributed by atoms with E-state index in [4.69, 9.17) is 4.74 Å². The number of carbonyl (C=O) groups excluding carboxylic acids is 1. The minimum atomic E-state index is -0.483. The molecule has 3 nitrogen and oxygen atoms in total. The Balaban J connectivity index is 1.99. The first-order valence-electron chi connectivity index (χ1n) is 7.16. The van der Waals surface area contributed by atoms with Crippen molar-refractivity contribution in [2.24, 2.45) is 0 Å². The summed E-state index contributed by atoms with van der Waals surface area (Å²) in [7, 11) is 0. The van der Waals surface area contributed by atoms with Crippen molar-refractivity contribution in [3.63, 3.8) is 0 Å². The van der Waals surface area contributed by atoms with Crippen molar-refractivity contribution >= 4 is 11.8 Å². The predicted molar refractivity (Wildman–Crippen MR) is 85.8 cm³/mol. The van der Waals surface area contributed by atoms with E-state index in [-0.39, 0.29) is 5.41 Å². The molecular weight excluding hydrogens is 262 g/mol. The topological polar surface area (TPSA) is 38.3 Å². The standard InChI is InChI=1S/C18H21NO2/c1-4-18(2,3)14-10-12-16(13-11-14)21-17(20)19-15-8-6-5-7-9-15/h5-13H,4H2,1-3H3,(H,19,20). The van der Waals surface area contributed by atoms with E-state index in [9.17, 15) is 4.79 Å². The molecule has 0 unspecified atom stereocenters. The first-order valence-corrected chi connectivity index (χ1v) is 7.16. The third kappa shape index (κ3) is 4.09. The Hall–Kier alpha value is -2.29. The summed E-state index contributed by atoms with van der Waals surface area (Å²) in [6, 6.07) is 16.9. The van der Waals surface area contributed by atoms with Gasteiger partial charge in [-0.2, -0.15) is 0 Å². The van der Waals surface area contributed by atoms with E-state index >= 15 is 0 Å². The number of hydrogen-bond donors (Lipinski definition) is 1. The number of carbonyl (C=O) groups is 1. The fraction of sp³-hybridized carbons (Fsp3) is 0.278. The highest BCUT2D eigenvalue weighted by Gasteiger charge is 2.17. The van der Waals surface area contributed by atoms with Crippen LogP contribution in [0, 0.1) is 0 Å². The molecule has 3 heteroatoms. The van der Waals surface area contributed by atoms with E-state index in [0.717, 1.165) is 6.42 Å². The van der Waals surface area contributed by atoms with Gasteiger partial charge in [0.15, 0.2) is 0 Å². The van der Waals surface area contributed by atoms with Gasteiger partial charge < -0.3 is 4.74 Å². The number of nitrogens with one attached hydrogen (secondary N) is 1. The van der Waals surface area contributed by atoms with Crippen molar-refractivity contribution in [2.45, 2.75) is 32.6 Å². The SMILES string of the molecule is CCC(C)(C)c1ccc(OC(=O)Nc2ccccc2)cc1. The first kappa shape index (κ1) is 15.1. The van der Waals surface area contributed by atoms with Gasteiger partial charge in [0.05, 0.1) is 0 Å². The minimum Gasteiger partial charge on any atom is -0.410 e. The maximum Gasteiger partial charge on any atom is 0.417 e. The molecule has 0 heterocycles. The molecule has 1 N–H and O–H groups in total. The number of amides is 1. The summed E-state index contributed by atoms with van der Waals surface area (Å²) in [5.41, 5.74) is 2.08. The lowest BCUT2D eigenvalue weighted by atomic mass is 9.82. The predicted octanol–water partition coefficient (Wildman–Crippen LogP) is 4.99. The van der Waals surface area contributed by atoms with Gasteiger partial charge in [0.1, 0.15) is 5.75 Å². The molecule has 0 saturated heterocycles. The molecular formula is C18H21NO2. The van der Waals surface area contributed by atoms with Gasteiger partial charge in [0.2, 0.25) is 0 Å². The molecule has 0 aromatic heterocycles. The second-order valence-electron chi connectivity index (χ2n) is 5.64. The highest BCUT2D eigenvalue weighted by atomic mass is 16.6. The Morgan fingerprint density at radius 1 is 1.05 bits per heavy atom. The molecule has 0 aliphatic carbocycles. The zero-order valence-corrected chi connectivity index (χ0v) is 12.7. The van der Waals surface area contributed by atoms with Crippen LogP contribution in [0.4, 0.5) is 10.5 Å². The lowest BCUT2D eigenvalue weighted by Gasteiger charge is -2.23. The molecule has 2 aromatic rings. The number of ether oxygens (including phenoxy) is 1. The van der Waals surface area contributed by atoms with Crippen LogP contribution in [-0.2, 0) is 5.41 Å². The highest BCUT2D eigenvalue weighted by Crippen LogP contribution is 2.28. The maximum absolute atomic E-state index is 11.8. The Morgan fingerprint density at radius 2 is 1.67 bits per heavy atom. The average molecular weight is 283 g/mol. The van der Waals surface area contributed by atoms with Gasteiger partial charge in [0, 0.05) is 5.69 Å². The molecule has 0 atom stereocenters. The molecule has 0 aliphatic rings. The van der Waals surface area contributed by atoms with E-state index in [1.54, 1.807) is 0 Å². The summed E-state index contributed by atoms with van der Waals surface area (Å²) in [5.74, 6) is 0.541. The molecule has 21 heavy (non-hydrogen) atoms. The molecule has 0 bridgehead atoms. The summed E-state index contributed by atoms with van der Waals surface area (Å²) < 4.78 is 5.27. The van der Waals surface area contributed by atoms with Crippen LogP contribution in [0.15, 0.2) is 54.6 Å². The van der Waals surface area contributed by atoms with Crippen LogP contribution >= 0.6 is 0 Å². The van der Waals surface area contributed by atoms with Crippen LogP contribution in [0.1, 0.15) is 32.8 Å². The van der Waals surface area contributed by atoms with Crippen LogP contribution in [0.5, 0.6) is 5.75 Å². The van der Waals surface area contributed by atoms with Gasteiger partial charge in [-0.15, -0.1) is 0 Å². The molecule has 110 valence electrons. The molecule has 0 saturated carbocycles. The molecule has 0 fully saturated rings. The minimum absolute atomic E-state index is 0.130. The van der Waals surface area contributed by atoms with Gasteiger partial charge in [-0.05, 0) is 41.7 Å². The monoisotopic (exact) mass is 283 g/mol. The van der Waals surface area contributed by atoms with Crippen molar-refractivity contribution in [2.75, 3.05) is 5.32 Å². The van der Waals surface area contributed by atoms with Crippen molar-refractivity contribution in [1.29, 1.82) is 0 Å². The number of anilines is 1. The van der Waals surface area contributed by atoms with Crippen LogP contribution in [0.2, 0.25) is 0 Å². The van der Waals surface area contributed by atoms with Crippen molar-refractivity contribution in [3.05, 3.63) is 60.2 Å². The molecule has 2 aromatic carbocycles. The highest BCUT2D eigenvalue weighted by molar-refractivity contribution is 5.86. The zero-order chi connectivity index (χ0) is 15.3. The fourth-order valence-corrected chi connectivity index (χ4v) is 1.95. The van der Waals surface area contributed by atoms with E-state index in [2.05, 4.69) is 26.1 Å². The summed E-state index contributed by atoms with van der Waals surface area (Å²) in [5, 5.41) is 2.69. The maximum atomic E-state index is 11.8. The van der Waals surface area contributed by atoms with Gasteiger partial charge in [0.25, 0.3) is 0 Å². The molecule has 1 amide bonds. The zero-order valence-electron chi connectivity index (χ0n) is 12.7. The van der Waals surface area contributed by atoms with E-state index in [1.807, 2.05) is 54.6 Å². The van der Waals surface area contributed by atoms with Gasteiger partial charge in [-0.3, -0.25) is 5.32 Å². The number of rotatable bonds is 4. The summed E-state index contributed by atoms with van der Waals surface area (Å²) in [4.78, 5) is 11.8. The molecule has 0 aliphatic heterocycles. The van der Waals surface area contributed by atoms with Crippen LogP contribution in [-0.4, -0.2) is 6.09 Å². The van der Waals surface area contributed by atoms with Gasteiger partial charge >= 0.3 is 6.09 Å². The Bertz CT molecular complexity index is 588. The third-order valence-electron chi connectivity index (χ3n) is 3.75. The summed E-state index contributed by atoms with van der Waals surface area (Å²) in [6.45, 7) is 6.56. The molecule has 0 spiro atoms. The van der Waals surface area contributed by atoms with Crippen LogP contribution in [0.25, 0.3) is 0 Å². The smallest absolute Gasteiger partial charge is 0.410 e. The first-order chi connectivity index (χ1) is 10.0. The van der Waals surface area contributed by atoms with Crippen LogP contribution in [0.3, 0.4) is 0 Å².